The van der Waals surface area contributed by atoms with Crippen LogP contribution in [-0.2, 0) is 6.42 Å². The number of rotatable bonds is 7. The van der Waals surface area contributed by atoms with Crippen molar-refractivity contribution in [2.45, 2.75) is 39.2 Å². The Bertz CT molecular complexity index is 1080. The third kappa shape index (κ3) is 5.06. The molecule has 0 bridgehead atoms. The van der Waals surface area contributed by atoms with Crippen molar-refractivity contribution in [2.24, 2.45) is 5.92 Å². The van der Waals surface area contributed by atoms with Gasteiger partial charge in [0.2, 0.25) is 0 Å². The molecule has 1 aromatic carbocycles. The average Bonchev–Trinajstić information content (AvgIpc) is 3.28. The standard InChI is InChI=1S/C24H29N7O/c1-16(2)31-8-6-17(7-9-31)10-18-4-5-20(22(11-18)32-3)21-12-23(30-29-21)28-24-15-26-19(13-25)14-27-24/h4-5,11-12,14-17H,6-10H2,1-3H3,(H2,27,28,29,30). The van der Waals surface area contributed by atoms with Crippen LogP contribution in [0.1, 0.15) is 37.9 Å². The molecule has 1 aliphatic heterocycles. The molecule has 3 aromatic rings. The fourth-order valence-electron chi connectivity index (χ4n) is 4.20. The van der Waals surface area contributed by atoms with Gasteiger partial charge in [0.1, 0.15) is 17.6 Å². The number of nitrogens with one attached hydrogen (secondary N) is 2. The largest absolute Gasteiger partial charge is 0.496 e. The van der Waals surface area contributed by atoms with Gasteiger partial charge in [0, 0.05) is 17.7 Å². The molecule has 0 unspecified atom stereocenters. The summed E-state index contributed by atoms with van der Waals surface area (Å²) in [6, 6.07) is 10.9. The smallest absolute Gasteiger partial charge is 0.158 e. The topological polar surface area (TPSA) is 103 Å². The Morgan fingerprint density at radius 1 is 1.19 bits per heavy atom. The highest BCUT2D eigenvalue weighted by molar-refractivity contribution is 5.71. The number of anilines is 2. The van der Waals surface area contributed by atoms with Crippen LogP contribution < -0.4 is 10.1 Å². The molecule has 0 aliphatic carbocycles. The summed E-state index contributed by atoms with van der Waals surface area (Å²) in [6.45, 7) is 6.92. The van der Waals surface area contributed by atoms with E-state index in [0.29, 0.717) is 17.7 Å². The number of benzene rings is 1. The fourth-order valence-corrected chi connectivity index (χ4v) is 4.20. The van der Waals surface area contributed by atoms with Gasteiger partial charge in [-0.2, -0.15) is 10.4 Å². The molecule has 166 valence electrons. The summed E-state index contributed by atoms with van der Waals surface area (Å²) in [4.78, 5) is 10.7. The molecular formula is C24H29N7O. The second-order valence-corrected chi connectivity index (χ2v) is 8.50. The van der Waals surface area contributed by atoms with Gasteiger partial charge in [-0.1, -0.05) is 6.07 Å². The summed E-state index contributed by atoms with van der Waals surface area (Å²) in [6.07, 6.45) is 6.50. The van der Waals surface area contributed by atoms with E-state index in [1.54, 1.807) is 7.11 Å². The Morgan fingerprint density at radius 2 is 2.00 bits per heavy atom. The van der Waals surface area contributed by atoms with Gasteiger partial charge in [-0.05, 0) is 69.8 Å². The summed E-state index contributed by atoms with van der Waals surface area (Å²) >= 11 is 0. The molecule has 0 spiro atoms. The molecule has 32 heavy (non-hydrogen) atoms. The van der Waals surface area contributed by atoms with E-state index >= 15 is 0 Å². The van der Waals surface area contributed by atoms with Crippen LogP contribution in [0, 0.1) is 17.2 Å². The van der Waals surface area contributed by atoms with Crippen molar-refractivity contribution in [3.05, 3.63) is 47.9 Å². The molecule has 1 saturated heterocycles. The van der Waals surface area contributed by atoms with E-state index in [9.17, 15) is 0 Å². The first-order valence-electron chi connectivity index (χ1n) is 11.0. The van der Waals surface area contributed by atoms with Gasteiger partial charge in [0.25, 0.3) is 0 Å². The summed E-state index contributed by atoms with van der Waals surface area (Å²) in [5.41, 5.74) is 3.38. The maximum Gasteiger partial charge on any atom is 0.158 e. The van der Waals surface area contributed by atoms with Gasteiger partial charge in [0.15, 0.2) is 11.5 Å². The number of hydrogen-bond donors (Lipinski definition) is 2. The Balaban J connectivity index is 1.43. The molecular weight excluding hydrogens is 402 g/mol. The molecule has 0 amide bonds. The number of piperidine rings is 1. The molecule has 0 saturated carbocycles. The number of ether oxygens (including phenoxy) is 1. The fraction of sp³-hybridized carbons (Fsp3) is 0.417. The molecule has 3 heterocycles. The lowest BCUT2D eigenvalue weighted by Gasteiger charge is -2.34. The Labute approximate surface area is 188 Å². The van der Waals surface area contributed by atoms with Gasteiger partial charge < -0.3 is 15.0 Å². The third-order valence-electron chi connectivity index (χ3n) is 6.06. The highest BCUT2D eigenvalue weighted by Gasteiger charge is 2.21. The second-order valence-electron chi connectivity index (χ2n) is 8.50. The van der Waals surface area contributed by atoms with Crippen molar-refractivity contribution in [3.8, 4) is 23.1 Å². The lowest BCUT2D eigenvalue weighted by atomic mass is 9.89. The molecule has 0 atom stereocenters. The summed E-state index contributed by atoms with van der Waals surface area (Å²) in [7, 11) is 1.70. The summed E-state index contributed by atoms with van der Waals surface area (Å²) in [5.74, 6) is 2.68. The zero-order valence-corrected chi connectivity index (χ0v) is 18.8. The number of methoxy groups -OCH3 is 1. The van der Waals surface area contributed by atoms with Gasteiger partial charge in [-0.25, -0.2) is 9.97 Å². The van der Waals surface area contributed by atoms with Gasteiger partial charge in [-0.15, -0.1) is 0 Å². The first-order valence-corrected chi connectivity index (χ1v) is 11.0. The molecule has 1 fully saturated rings. The first-order chi connectivity index (χ1) is 15.6. The van der Waals surface area contributed by atoms with E-state index in [1.165, 1.54) is 43.9 Å². The van der Waals surface area contributed by atoms with Gasteiger partial charge >= 0.3 is 0 Å². The Morgan fingerprint density at radius 3 is 2.66 bits per heavy atom. The van der Waals surface area contributed by atoms with Crippen molar-refractivity contribution in [1.29, 1.82) is 5.26 Å². The minimum Gasteiger partial charge on any atom is -0.496 e. The zero-order valence-electron chi connectivity index (χ0n) is 18.8. The minimum absolute atomic E-state index is 0.272. The number of likely N-dealkylation sites (tertiary alicyclic amines) is 1. The lowest BCUT2D eigenvalue weighted by Crippen LogP contribution is -2.38. The van der Waals surface area contributed by atoms with Crippen LogP contribution in [0.25, 0.3) is 11.3 Å². The molecule has 1 aliphatic rings. The van der Waals surface area contributed by atoms with Gasteiger partial charge in [-0.3, -0.25) is 5.10 Å². The van der Waals surface area contributed by atoms with Crippen LogP contribution in [0.2, 0.25) is 0 Å². The van der Waals surface area contributed by atoms with Crippen molar-refractivity contribution >= 4 is 11.6 Å². The molecule has 8 heteroatoms. The van der Waals surface area contributed by atoms with E-state index in [1.807, 2.05) is 12.1 Å². The van der Waals surface area contributed by atoms with Crippen molar-refractivity contribution in [2.75, 3.05) is 25.5 Å². The number of nitrogens with zero attached hydrogens (tertiary/aromatic N) is 5. The highest BCUT2D eigenvalue weighted by Crippen LogP contribution is 2.33. The van der Waals surface area contributed by atoms with Crippen LogP contribution in [0.5, 0.6) is 5.75 Å². The SMILES string of the molecule is COc1cc(CC2CCN(C(C)C)CC2)ccc1-c1cc(Nc2cnc(C#N)cn2)n[nH]1. The highest BCUT2D eigenvalue weighted by atomic mass is 16.5. The lowest BCUT2D eigenvalue weighted by molar-refractivity contribution is 0.149. The molecule has 4 rings (SSSR count). The Hall–Kier alpha value is -3.44. The number of aromatic nitrogens is 4. The number of nitriles is 1. The number of hydrogen-bond acceptors (Lipinski definition) is 7. The molecule has 2 N–H and O–H groups in total. The van der Waals surface area contributed by atoms with Crippen LogP contribution in [0.15, 0.2) is 36.7 Å². The second kappa shape index (κ2) is 9.79. The third-order valence-corrected chi connectivity index (χ3v) is 6.06. The monoisotopic (exact) mass is 431 g/mol. The predicted octanol–water partition coefficient (Wildman–Crippen LogP) is 4.15. The van der Waals surface area contributed by atoms with E-state index in [2.05, 4.69) is 62.4 Å². The van der Waals surface area contributed by atoms with Crippen molar-refractivity contribution in [1.82, 2.24) is 25.1 Å². The van der Waals surface area contributed by atoms with Crippen LogP contribution in [-0.4, -0.2) is 51.3 Å². The average molecular weight is 432 g/mol. The predicted molar refractivity (Wildman–Crippen MR) is 124 cm³/mol. The molecule has 0 radical (unpaired) electrons. The zero-order chi connectivity index (χ0) is 22.5. The van der Waals surface area contributed by atoms with Crippen LogP contribution in [0.3, 0.4) is 0 Å². The normalized spacial score (nSPS) is 15.0. The maximum absolute atomic E-state index is 8.83. The van der Waals surface area contributed by atoms with Gasteiger partial charge in [0.05, 0.1) is 25.2 Å². The minimum atomic E-state index is 0.272. The molecule has 8 nitrogen and oxygen atoms in total. The summed E-state index contributed by atoms with van der Waals surface area (Å²) < 4.78 is 5.70. The van der Waals surface area contributed by atoms with Crippen molar-refractivity contribution < 1.29 is 4.74 Å². The summed E-state index contributed by atoms with van der Waals surface area (Å²) in [5, 5.41) is 19.3. The number of H-pyrrole nitrogens is 1. The van der Waals surface area contributed by atoms with E-state index in [-0.39, 0.29) is 5.69 Å². The van der Waals surface area contributed by atoms with Crippen molar-refractivity contribution in [3.63, 3.8) is 0 Å². The Kier molecular flexibility index (Phi) is 6.66. The first kappa shape index (κ1) is 21.8. The van der Waals surface area contributed by atoms with E-state index in [0.717, 1.165) is 29.3 Å². The maximum atomic E-state index is 8.83. The van der Waals surface area contributed by atoms with E-state index < -0.39 is 0 Å². The van der Waals surface area contributed by atoms with Crippen LogP contribution >= 0.6 is 0 Å². The quantitative estimate of drug-likeness (QED) is 0.579. The molecule has 2 aromatic heterocycles. The van der Waals surface area contributed by atoms with Crippen LogP contribution in [0.4, 0.5) is 11.6 Å². The van der Waals surface area contributed by atoms with E-state index in [4.69, 9.17) is 10.00 Å². The number of aromatic amines is 1.